The van der Waals surface area contributed by atoms with Crippen LogP contribution in [0.15, 0.2) is 45.6 Å². The van der Waals surface area contributed by atoms with Crippen molar-refractivity contribution in [2.75, 3.05) is 0 Å². The van der Waals surface area contributed by atoms with Crippen molar-refractivity contribution >= 4 is 22.9 Å². The van der Waals surface area contributed by atoms with Crippen LogP contribution in [0.25, 0.3) is 11.0 Å². The lowest BCUT2D eigenvalue weighted by Gasteiger charge is -2.23. The fourth-order valence-corrected chi connectivity index (χ4v) is 4.74. The van der Waals surface area contributed by atoms with Crippen LogP contribution in [-0.4, -0.2) is 16.8 Å². The maximum atomic E-state index is 13.4. The van der Waals surface area contributed by atoms with E-state index in [4.69, 9.17) is 4.42 Å². The Balaban J connectivity index is 1.53. The van der Waals surface area contributed by atoms with E-state index in [1.165, 1.54) is 22.1 Å². The molecule has 31 heavy (non-hydrogen) atoms. The zero-order valence-electron chi connectivity index (χ0n) is 17.9. The van der Waals surface area contributed by atoms with Crippen molar-refractivity contribution in [1.29, 1.82) is 0 Å². The molecule has 3 aromatic rings. The molecule has 2 aromatic carbocycles. The molecule has 158 valence electrons. The number of nitrogens with zero attached hydrogens (tertiary/aromatic N) is 1. The molecule has 1 N–H and O–H groups in total. The Kier molecular flexibility index (Phi) is 4.29. The number of urea groups is 1. The van der Waals surface area contributed by atoms with Crippen molar-refractivity contribution in [1.82, 2.24) is 10.2 Å². The van der Waals surface area contributed by atoms with Gasteiger partial charge in [0.05, 0.1) is 6.54 Å². The van der Waals surface area contributed by atoms with Gasteiger partial charge in [-0.05, 0) is 73.4 Å². The number of amides is 3. The summed E-state index contributed by atoms with van der Waals surface area (Å²) in [5.74, 6) is -0.319. The number of carbonyl (C=O) groups is 2. The number of rotatable bonds is 3. The summed E-state index contributed by atoms with van der Waals surface area (Å²) in [6.45, 7) is 5.59. The highest BCUT2D eigenvalue weighted by Gasteiger charge is 2.49. The second kappa shape index (κ2) is 6.80. The van der Waals surface area contributed by atoms with Gasteiger partial charge in [0.1, 0.15) is 11.1 Å². The number of aryl methyl sites for hydroxylation is 4. The Hall–Kier alpha value is -3.41. The van der Waals surface area contributed by atoms with Gasteiger partial charge in [0.15, 0.2) is 0 Å². The highest BCUT2D eigenvalue weighted by molar-refractivity contribution is 6.07. The van der Waals surface area contributed by atoms with E-state index in [9.17, 15) is 14.4 Å². The Morgan fingerprint density at radius 1 is 1.03 bits per heavy atom. The molecule has 5 rings (SSSR count). The van der Waals surface area contributed by atoms with Crippen molar-refractivity contribution in [2.45, 2.75) is 52.1 Å². The molecule has 0 spiro atoms. The van der Waals surface area contributed by atoms with E-state index in [1.807, 2.05) is 38.1 Å². The fraction of sp³-hybridized carbons (Fsp3) is 0.320. The van der Waals surface area contributed by atoms with Gasteiger partial charge in [0.25, 0.3) is 5.91 Å². The van der Waals surface area contributed by atoms with E-state index in [-0.39, 0.29) is 12.5 Å². The van der Waals surface area contributed by atoms with Crippen LogP contribution in [-0.2, 0) is 29.7 Å². The lowest BCUT2D eigenvalue weighted by molar-refractivity contribution is -0.131. The molecular formula is C25H24N2O4. The number of nitrogens with one attached hydrogen (secondary N) is 1. The molecule has 0 unspecified atom stereocenters. The predicted molar refractivity (Wildman–Crippen MR) is 117 cm³/mol. The summed E-state index contributed by atoms with van der Waals surface area (Å²) < 4.78 is 5.43. The van der Waals surface area contributed by atoms with Crippen molar-refractivity contribution in [3.63, 3.8) is 0 Å². The number of hydrogen-bond donors (Lipinski definition) is 1. The minimum atomic E-state index is -1.13. The highest BCUT2D eigenvalue weighted by Crippen LogP contribution is 2.34. The third kappa shape index (κ3) is 2.97. The maximum absolute atomic E-state index is 13.4. The normalized spacial score (nSPS) is 20.4. The molecule has 1 aliphatic heterocycles. The molecular weight excluding hydrogens is 392 g/mol. The Bertz CT molecular complexity index is 1320. The summed E-state index contributed by atoms with van der Waals surface area (Å²) >= 11 is 0. The zero-order chi connectivity index (χ0) is 21.9. The van der Waals surface area contributed by atoms with Crippen LogP contribution in [0.3, 0.4) is 0 Å². The van der Waals surface area contributed by atoms with E-state index < -0.39 is 17.2 Å². The monoisotopic (exact) mass is 416 g/mol. The predicted octanol–water partition coefficient (Wildman–Crippen LogP) is 3.87. The molecule has 6 heteroatoms. The maximum Gasteiger partial charge on any atom is 0.336 e. The fourth-order valence-electron chi connectivity index (χ4n) is 4.74. The van der Waals surface area contributed by atoms with E-state index in [1.54, 1.807) is 6.92 Å². The first-order chi connectivity index (χ1) is 14.8. The molecule has 2 heterocycles. The van der Waals surface area contributed by atoms with Gasteiger partial charge in [0.2, 0.25) is 0 Å². The lowest BCUT2D eigenvalue weighted by Crippen LogP contribution is -2.41. The van der Waals surface area contributed by atoms with Crippen LogP contribution in [0, 0.1) is 13.8 Å². The third-order valence-electron chi connectivity index (χ3n) is 6.80. The summed E-state index contributed by atoms with van der Waals surface area (Å²) in [7, 11) is 0. The molecule has 6 nitrogen and oxygen atoms in total. The summed E-state index contributed by atoms with van der Waals surface area (Å²) in [5, 5.41) is 3.61. The molecule has 0 saturated carbocycles. The number of carbonyl (C=O) groups excluding carboxylic acids is 2. The molecule has 0 radical (unpaired) electrons. The van der Waals surface area contributed by atoms with Crippen molar-refractivity contribution in [3.05, 3.63) is 80.2 Å². The smallest absolute Gasteiger partial charge is 0.336 e. The second-order valence-electron chi connectivity index (χ2n) is 8.76. The van der Waals surface area contributed by atoms with Gasteiger partial charge in [-0.2, -0.15) is 0 Å². The average molecular weight is 416 g/mol. The van der Waals surface area contributed by atoms with Gasteiger partial charge in [-0.3, -0.25) is 9.69 Å². The first kappa shape index (κ1) is 19.5. The largest absolute Gasteiger partial charge is 0.422 e. The van der Waals surface area contributed by atoms with E-state index >= 15 is 0 Å². The Labute approximate surface area is 179 Å². The SMILES string of the molecule is Cc1ccc2c(CN3C(=O)N[C@](C)(c4ccc5c(c4)CCC5)C3=O)cc(=O)oc2c1C. The molecule has 2 aliphatic rings. The van der Waals surface area contributed by atoms with Gasteiger partial charge in [-0.15, -0.1) is 0 Å². The Morgan fingerprint density at radius 3 is 2.61 bits per heavy atom. The molecule has 1 aromatic heterocycles. The van der Waals surface area contributed by atoms with Crippen LogP contribution in [0.5, 0.6) is 0 Å². The number of benzene rings is 2. The first-order valence-corrected chi connectivity index (χ1v) is 10.6. The molecule has 0 bridgehead atoms. The van der Waals surface area contributed by atoms with E-state index in [0.717, 1.165) is 41.3 Å². The van der Waals surface area contributed by atoms with Crippen LogP contribution < -0.4 is 10.9 Å². The van der Waals surface area contributed by atoms with E-state index in [2.05, 4.69) is 11.4 Å². The van der Waals surface area contributed by atoms with Crippen molar-refractivity contribution in [2.24, 2.45) is 0 Å². The van der Waals surface area contributed by atoms with Crippen LogP contribution in [0.1, 0.15) is 46.7 Å². The van der Waals surface area contributed by atoms with Gasteiger partial charge in [-0.25, -0.2) is 9.59 Å². The minimum absolute atomic E-state index is 0.00972. The highest BCUT2D eigenvalue weighted by atomic mass is 16.4. The van der Waals surface area contributed by atoms with Crippen LogP contribution >= 0.6 is 0 Å². The van der Waals surface area contributed by atoms with Gasteiger partial charge in [0, 0.05) is 11.5 Å². The minimum Gasteiger partial charge on any atom is -0.422 e. The first-order valence-electron chi connectivity index (χ1n) is 10.6. The molecule has 1 fully saturated rings. The van der Waals surface area contributed by atoms with Crippen molar-refractivity contribution < 1.29 is 14.0 Å². The third-order valence-corrected chi connectivity index (χ3v) is 6.80. The van der Waals surface area contributed by atoms with Crippen molar-refractivity contribution in [3.8, 4) is 0 Å². The average Bonchev–Trinajstić information content (AvgIpc) is 3.29. The number of imide groups is 1. The molecule has 1 saturated heterocycles. The molecule has 1 atom stereocenters. The standard InChI is InChI=1S/C25H24N2O4/c1-14-7-10-20-18(12-21(28)31-22(20)15(14)2)13-27-23(29)25(3,26-24(27)30)19-9-8-16-5-4-6-17(16)11-19/h7-12H,4-6,13H2,1-3H3,(H,26,30)/t25-/m1/s1. The molecule has 1 aliphatic carbocycles. The van der Waals surface area contributed by atoms with Crippen LogP contribution in [0.4, 0.5) is 4.79 Å². The summed E-state index contributed by atoms with van der Waals surface area (Å²) in [5.41, 5.74) is 4.69. The van der Waals surface area contributed by atoms with Gasteiger partial charge >= 0.3 is 11.7 Å². The topological polar surface area (TPSA) is 79.6 Å². The number of hydrogen-bond acceptors (Lipinski definition) is 4. The second-order valence-corrected chi connectivity index (χ2v) is 8.76. The quantitative estimate of drug-likeness (QED) is 0.519. The van der Waals surface area contributed by atoms with Gasteiger partial charge < -0.3 is 9.73 Å². The Morgan fingerprint density at radius 2 is 1.81 bits per heavy atom. The van der Waals surface area contributed by atoms with E-state index in [0.29, 0.717) is 11.1 Å². The van der Waals surface area contributed by atoms with Crippen LogP contribution in [0.2, 0.25) is 0 Å². The molecule has 3 amide bonds. The summed E-state index contributed by atoms with van der Waals surface area (Å²) in [6, 6.07) is 10.8. The lowest BCUT2D eigenvalue weighted by atomic mass is 9.89. The van der Waals surface area contributed by atoms with Gasteiger partial charge in [-0.1, -0.05) is 30.3 Å². The zero-order valence-corrected chi connectivity index (χ0v) is 17.9. The summed E-state index contributed by atoms with van der Waals surface area (Å²) in [4.78, 5) is 39.7. The number of fused-ring (bicyclic) bond motifs is 2. The summed E-state index contributed by atoms with van der Waals surface area (Å²) in [6.07, 6.45) is 3.17.